The van der Waals surface area contributed by atoms with E-state index in [1.54, 1.807) is 17.5 Å². The largest absolute Gasteiger partial charge is 0.253 e. The predicted molar refractivity (Wildman–Crippen MR) is 65.0 cm³/mol. The smallest absolute Gasteiger partial charge is 0.143 e. The van der Waals surface area contributed by atoms with Crippen molar-refractivity contribution in [2.45, 2.75) is 18.8 Å². The minimum absolute atomic E-state index is 0.720. The Morgan fingerprint density at radius 1 is 1.40 bits per heavy atom. The van der Waals surface area contributed by atoms with Crippen molar-refractivity contribution in [3.63, 3.8) is 0 Å². The molecule has 0 N–H and O–H groups in total. The number of aromatic nitrogens is 2. The van der Waals surface area contributed by atoms with Crippen LogP contribution in [0.3, 0.4) is 0 Å². The van der Waals surface area contributed by atoms with Gasteiger partial charge in [0.1, 0.15) is 10.7 Å². The summed E-state index contributed by atoms with van der Waals surface area (Å²) < 4.78 is 1.02. The van der Waals surface area contributed by atoms with Crippen LogP contribution in [-0.4, -0.2) is 9.97 Å². The maximum atomic E-state index is 4.63. The molecule has 0 saturated heterocycles. The molecule has 0 amide bonds. The van der Waals surface area contributed by atoms with E-state index in [9.17, 15) is 0 Å². The third kappa shape index (κ3) is 1.84. The van der Waals surface area contributed by atoms with Gasteiger partial charge in [-0.3, -0.25) is 4.98 Å². The molecule has 0 atom stereocenters. The van der Waals surface area contributed by atoms with Gasteiger partial charge in [0.2, 0.25) is 0 Å². The Kier molecular flexibility index (Phi) is 2.33. The average Bonchev–Trinajstić information content (AvgIpc) is 2.99. The Hall–Kier alpha value is -0.740. The number of hydrogen-bond donors (Lipinski definition) is 0. The standard InChI is InChI=1S/C11H9BrN2S/c12-8-2-1-5-13-10(8)11-14-9(6-15-11)7-3-4-7/h1-2,5-7H,3-4H2. The minimum atomic E-state index is 0.720. The summed E-state index contributed by atoms with van der Waals surface area (Å²) in [6.45, 7) is 0. The lowest BCUT2D eigenvalue weighted by Gasteiger charge is -1.97. The third-order valence-electron chi connectivity index (χ3n) is 2.48. The van der Waals surface area contributed by atoms with Crippen LogP contribution in [0.15, 0.2) is 28.2 Å². The van der Waals surface area contributed by atoms with Crippen LogP contribution in [0.2, 0.25) is 0 Å². The summed E-state index contributed by atoms with van der Waals surface area (Å²) in [7, 11) is 0. The number of hydrogen-bond acceptors (Lipinski definition) is 3. The first-order valence-electron chi connectivity index (χ1n) is 4.91. The second-order valence-corrected chi connectivity index (χ2v) is 5.40. The molecule has 0 bridgehead atoms. The van der Waals surface area contributed by atoms with Crippen molar-refractivity contribution < 1.29 is 0 Å². The molecule has 76 valence electrons. The van der Waals surface area contributed by atoms with Gasteiger partial charge in [0.05, 0.1) is 5.69 Å². The molecule has 2 nitrogen and oxygen atoms in total. The summed E-state index contributed by atoms with van der Waals surface area (Å²) in [6.07, 6.45) is 4.40. The molecule has 0 spiro atoms. The van der Waals surface area contributed by atoms with E-state index >= 15 is 0 Å². The van der Waals surface area contributed by atoms with Crippen LogP contribution < -0.4 is 0 Å². The molecule has 1 aliphatic carbocycles. The second-order valence-electron chi connectivity index (χ2n) is 3.69. The van der Waals surface area contributed by atoms with Gasteiger partial charge < -0.3 is 0 Å². The summed E-state index contributed by atoms with van der Waals surface area (Å²) >= 11 is 5.18. The molecule has 2 aromatic heterocycles. The zero-order valence-corrected chi connectivity index (χ0v) is 10.4. The summed E-state index contributed by atoms with van der Waals surface area (Å²) in [4.78, 5) is 8.97. The SMILES string of the molecule is Brc1cccnc1-c1nc(C2CC2)cs1. The topological polar surface area (TPSA) is 25.8 Å². The van der Waals surface area contributed by atoms with E-state index in [0.717, 1.165) is 21.1 Å². The van der Waals surface area contributed by atoms with Crippen molar-refractivity contribution in [2.75, 3.05) is 0 Å². The lowest BCUT2D eigenvalue weighted by Crippen LogP contribution is -1.84. The van der Waals surface area contributed by atoms with Crippen molar-refractivity contribution in [3.8, 4) is 10.7 Å². The Morgan fingerprint density at radius 3 is 3.00 bits per heavy atom. The van der Waals surface area contributed by atoms with E-state index in [2.05, 4.69) is 31.3 Å². The average molecular weight is 281 g/mol. The highest BCUT2D eigenvalue weighted by molar-refractivity contribution is 9.10. The van der Waals surface area contributed by atoms with Crippen LogP contribution in [0.1, 0.15) is 24.5 Å². The van der Waals surface area contributed by atoms with Crippen LogP contribution in [0.25, 0.3) is 10.7 Å². The minimum Gasteiger partial charge on any atom is -0.253 e. The van der Waals surface area contributed by atoms with Gasteiger partial charge in [-0.05, 0) is 40.9 Å². The van der Waals surface area contributed by atoms with Gasteiger partial charge in [-0.15, -0.1) is 11.3 Å². The van der Waals surface area contributed by atoms with Crippen molar-refractivity contribution in [1.82, 2.24) is 9.97 Å². The van der Waals surface area contributed by atoms with Gasteiger partial charge in [0, 0.05) is 22.0 Å². The molecule has 2 heterocycles. The van der Waals surface area contributed by atoms with Gasteiger partial charge in [-0.25, -0.2) is 4.98 Å². The molecule has 1 saturated carbocycles. The first kappa shape index (κ1) is 9.48. The number of pyridine rings is 1. The first-order chi connectivity index (χ1) is 7.34. The normalized spacial score (nSPS) is 15.5. The molecule has 3 rings (SSSR count). The van der Waals surface area contributed by atoms with Crippen LogP contribution in [0.5, 0.6) is 0 Å². The van der Waals surface area contributed by atoms with Crippen molar-refractivity contribution in [3.05, 3.63) is 33.9 Å². The van der Waals surface area contributed by atoms with E-state index in [0.29, 0.717) is 0 Å². The van der Waals surface area contributed by atoms with Gasteiger partial charge in [-0.1, -0.05) is 0 Å². The molecule has 0 aromatic carbocycles. The fourth-order valence-corrected chi connectivity index (χ4v) is 2.99. The summed E-state index contributed by atoms with van der Waals surface area (Å²) in [5.74, 6) is 0.720. The Bertz CT molecular complexity index is 491. The maximum Gasteiger partial charge on any atom is 0.143 e. The Labute approximate surface area is 101 Å². The number of nitrogens with zero attached hydrogens (tertiary/aromatic N) is 2. The quantitative estimate of drug-likeness (QED) is 0.835. The fraction of sp³-hybridized carbons (Fsp3) is 0.273. The molecule has 1 fully saturated rings. The van der Waals surface area contributed by atoms with Crippen molar-refractivity contribution in [1.29, 1.82) is 0 Å². The number of thiazole rings is 1. The van der Waals surface area contributed by atoms with Gasteiger partial charge in [-0.2, -0.15) is 0 Å². The van der Waals surface area contributed by atoms with Crippen LogP contribution in [0.4, 0.5) is 0 Å². The third-order valence-corrected chi connectivity index (χ3v) is 3.99. The molecule has 2 aromatic rings. The monoisotopic (exact) mass is 280 g/mol. The van der Waals surface area contributed by atoms with E-state index in [1.807, 2.05) is 12.1 Å². The maximum absolute atomic E-state index is 4.63. The van der Waals surface area contributed by atoms with E-state index in [-0.39, 0.29) is 0 Å². The molecular weight excluding hydrogens is 272 g/mol. The molecule has 15 heavy (non-hydrogen) atoms. The molecular formula is C11H9BrN2S. The van der Waals surface area contributed by atoms with Crippen molar-refractivity contribution in [2.24, 2.45) is 0 Å². The van der Waals surface area contributed by atoms with E-state index in [1.165, 1.54) is 18.5 Å². The molecule has 0 unspecified atom stereocenters. The lowest BCUT2D eigenvalue weighted by atomic mass is 10.3. The van der Waals surface area contributed by atoms with Gasteiger partial charge in [0.15, 0.2) is 0 Å². The van der Waals surface area contributed by atoms with E-state index < -0.39 is 0 Å². The second kappa shape index (κ2) is 3.68. The zero-order chi connectivity index (χ0) is 10.3. The number of halogens is 1. The molecule has 1 aliphatic rings. The van der Waals surface area contributed by atoms with Crippen molar-refractivity contribution >= 4 is 27.3 Å². The van der Waals surface area contributed by atoms with Gasteiger partial charge in [0.25, 0.3) is 0 Å². The fourth-order valence-electron chi connectivity index (χ4n) is 1.50. The Balaban J connectivity index is 2.01. The summed E-state index contributed by atoms with van der Waals surface area (Å²) in [6, 6.07) is 3.92. The molecule has 4 heteroatoms. The number of rotatable bonds is 2. The first-order valence-corrected chi connectivity index (χ1v) is 6.58. The Morgan fingerprint density at radius 2 is 2.27 bits per heavy atom. The molecule has 0 aliphatic heterocycles. The predicted octanol–water partition coefficient (Wildman–Crippen LogP) is 3.85. The highest BCUT2D eigenvalue weighted by Crippen LogP contribution is 2.41. The van der Waals surface area contributed by atoms with E-state index in [4.69, 9.17) is 0 Å². The zero-order valence-electron chi connectivity index (χ0n) is 7.98. The summed E-state index contributed by atoms with van der Waals surface area (Å²) in [5.41, 5.74) is 2.20. The molecule has 0 radical (unpaired) electrons. The van der Waals surface area contributed by atoms with Crippen LogP contribution in [-0.2, 0) is 0 Å². The lowest BCUT2D eigenvalue weighted by molar-refractivity contribution is 1.05. The van der Waals surface area contributed by atoms with Crippen LogP contribution in [0, 0.1) is 0 Å². The van der Waals surface area contributed by atoms with Gasteiger partial charge >= 0.3 is 0 Å². The highest BCUT2D eigenvalue weighted by Gasteiger charge is 2.26. The van der Waals surface area contributed by atoms with Crippen LogP contribution >= 0.6 is 27.3 Å². The summed E-state index contributed by atoms with van der Waals surface area (Å²) in [5, 5.41) is 3.18. The highest BCUT2D eigenvalue weighted by atomic mass is 79.9.